The molecule has 1 amide bonds. The van der Waals surface area contributed by atoms with E-state index in [0.29, 0.717) is 32.6 Å². The molecule has 2 fully saturated rings. The van der Waals surface area contributed by atoms with Crippen molar-refractivity contribution in [1.29, 1.82) is 0 Å². The minimum atomic E-state index is -0.711. The van der Waals surface area contributed by atoms with Crippen LogP contribution in [0, 0.1) is 0 Å². The Labute approximate surface area is 108 Å². The molecule has 2 N–H and O–H groups in total. The van der Waals surface area contributed by atoms with Crippen molar-refractivity contribution in [2.75, 3.05) is 32.8 Å². The molecule has 0 saturated carbocycles. The van der Waals surface area contributed by atoms with E-state index in [1.165, 1.54) is 0 Å². The van der Waals surface area contributed by atoms with Crippen molar-refractivity contribution in [3.05, 3.63) is 0 Å². The van der Waals surface area contributed by atoms with Crippen LogP contribution in [0.3, 0.4) is 0 Å². The molecule has 2 aliphatic rings. The molecule has 1 atom stereocenters. The first-order chi connectivity index (χ1) is 8.61. The maximum atomic E-state index is 12.1. The van der Waals surface area contributed by atoms with Crippen molar-refractivity contribution in [3.63, 3.8) is 0 Å². The van der Waals surface area contributed by atoms with Gasteiger partial charge in [0.25, 0.3) is 0 Å². The summed E-state index contributed by atoms with van der Waals surface area (Å²) in [4.78, 5) is 14.0. The number of nitrogens with one attached hydrogen (secondary N) is 1. The van der Waals surface area contributed by atoms with Crippen LogP contribution in [0.1, 0.15) is 32.6 Å². The molecule has 0 spiro atoms. The fourth-order valence-electron chi connectivity index (χ4n) is 2.57. The largest absolute Gasteiger partial charge is 0.388 e. The molecule has 2 saturated heterocycles. The number of likely N-dealkylation sites (tertiary alicyclic amines) is 1. The molecule has 2 aliphatic heterocycles. The fraction of sp³-hybridized carbons (Fsp3) is 0.923. The van der Waals surface area contributed by atoms with Crippen molar-refractivity contribution < 1.29 is 14.6 Å². The van der Waals surface area contributed by atoms with Crippen LogP contribution in [-0.2, 0) is 9.53 Å². The van der Waals surface area contributed by atoms with Gasteiger partial charge in [-0.3, -0.25) is 4.79 Å². The lowest BCUT2D eigenvalue weighted by Crippen LogP contribution is -2.51. The van der Waals surface area contributed by atoms with E-state index in [-0.39, 0.29) is 11.9 Å². The SMILES string of the molecule is CC(NCC1(O)CCOCC1)C(=O)N1CCCC1. The van der Waals surface area contributed by atoms with Crippen molar-refractivity contribution >= 4 is 5.91 Å². The average molecular weight is 256 g/mol. The first-order valence-electron chi connectivity index (χ1n) is 6.93. The second kappa shape index (κ2) is 5.99. The smallest absolute Gasteiger partial charge is 0.239 e. The number of carbonyl (C=O) groups excluding carboxylic acids is 1. The Bertz CT molecular complexity index is 284. The number of amides is 1. The van der Waals surface area contributed by atoms with Gasteiger partial charge in [-0.05, 0) is 19.8 Å². The highest BCUT2D eigenvalue weighted by Crippen LogP contribution is 2.19. The molecule has 0 aliphatic carbocycles. The number of aliphatic hydroxyl groups is 1. The monoisotopic (exact) mass is 256 g/mol. The predicted molar refractivity (Wildman–Crippen MR) is 68.3 cm³/mol. The summed E-state index contributed by atoms with van der Waals surface area (Å²) in [6, 6.07) is -0.213. The van der Waals surface area contributed by atoms with Gasteiger partial charge in [0, 0.05) is 45.7 Å². The summed E-state index contributed by atoms with van der Waals surface area (Å²) in [5.41, 5.74) is -0.711. The summed E-state index contributed by atoms with van der Waals surface area (Å²) in [5, 5.41) is 13.5. The Morgan fingerprint density at radius 1 is 1.39 bits per heavy atom. The minimum Gasteiger partial charge on any atom is -0.388 e. The van der Waals surface area contributed by atoms with Gasteiger partial charge in [-0.25, -0.2) is 0 Å². The van der Waals surface area contributed by atoms with Crippen LogP contribution in [0.15, 0.2) is 0 Å². The average Bonchev–Trinajstić information content (AvgIpc) is 2.90. The van der Waals surface area contributed by atoms with E-state index in [1.807, 2.05) is 11.8 Å². The Hall–Kier alpha value is -0.650. The van der Waals surface area contributed by atoms with Gasteiger partial charge in [-0.2, -0.15) is 0 Å². The lowest BCUT2D eigenvalue weighted by molar-refractivity contribution is -0.132. The first-order valence-corrected chi connectivity index (χ1v) is 6.93. The number of hydrogen-bond acceptors (Lipinski definition) is 4. The van der Waals surface area contributed by atoms with Crippen LogP contribution in [0.5, 0.6) is 0 Å². The van der Waals surface area contributed by atoms with Crippen molar-refractivity contribution in [2.45, 2.75) is 44.2 Å². The van der Waals surface area contributed by atoms with Gasteiger partial charge in [0.1, 0.15) is 0 Å². The zero-order chi connectivity index (χ0) is 13.0. The Morgan fingerprint density at radius 3 is 2.61 bits per heavy atom. The molecule has 5 heteroatoms. The predicted octanol–water partition coefficient (Wildman–Crippen LogP) is 0.128. The normalized spacial score (nSPS) is 25.1. The first kappa shape index (κ1) is 13.8. The molecule has 0 radical (unpaired) electrons. The fourth-order valence-corrected chi connectivity index (χ4v) is 2.57. The van der Waals surface area contributed by atoms with E-state index in [4.69, 9.17) is 4.74 Å². The molecule has 0 aromatic rings. The van der Waals surface area contributed by atoms with Gasteiger partial charge in [0.2, 0.25) is 5.91 Å². The lowest BCUT2D eigenvalue weighted by atomic mass is 9.94. The van der Waals surface area contributed by atoms with Crippen LogP contribution in [0.25, 0.3) is 0 Å². The number of hydrogen-bond donors (Lipinski definition) is 2. The van der Waals surface area contributed by atoms with Gasteiger partial charge in [-0.1, -0.05) is 0 Å². The Balaban J connectivity index is 1.76. The standard InChI is InChI=1S/C13H24N2O3/c1-11(12(16)15-6-2-3-7-15)14-10-13(17)4-8-18-9-5-13/h11,14,17H,2-10H2,1H3. The molecule has 2 rings (SSSR count). The third-order valence-electron chi connectivity index (χ3n) is 3.95. The third-order valence-corrected chi connectivity index (χ3v) is 3.95. The van der Waals surface area contributed by atoms with Gasteiger partial charge < -0.3 is 20.1 Å². The quantitative estimate of drug-likeness (QED) is 0.750. The molecule has 0 aromatic carbocycles. The van der Waals surface area contributed by atoms with E-state index in [9.17, 15) is 9.90 Å². The number of rotatable bonds is 4. The molecular weight excluding hydrogens is 232 g/mol. The zero-order valence-corrected chi connectivity index (χ0v) is 11.2. The molecule has 0 aromatic heterocycles. The molecule has 5 nitrogen and oxygen atoms in total. The highest BCUT2D eigenvalue weighted by molar-refractivity contribution is 5.81. The second-order valence-electron chi connectivity index (χ2n) is 5.47. The van der Waals surface area contributed by atoms with Crippen molar-refractivity contribution in [1.82, 2.24) is 10.2 Å². The van der Waals surface area contributed by atoms with E-state index in [2.05, 4.69) is 5.32 Å². The van der Waals surface area contributed by atoms with Crippen molar-refractivity contribution in [2.24, 2.45) is 0 Å². The van der Waals surface area contributed by atoms with Crippen LogP contribution in [0.4, 0.5) is 0 Å². The lowest BCUT2D eigenvalue weighted by Gasteiger charge is -2.33. The highest BCUT2D eigenvalue weighted by Gasteiger charge is 2.31. The summed E-state index contributed by atoms with van der Waals surface area (Å²) in [6.07, 6.45) is 3.51. The molecular formula is C13H24N2O3. The van der Waals surface area contributed by atoms with E-state index < -0.39 is 5.60 Å². The summed E-state index contributed by atoms with van der Waals surface area (Å²) >= 11 is 0. The van der Waals surface area contributed by atoms with Crippen LogP contribution in [-0.4, -0.2) is 60.4 Å². The number of ether oxygens (including phenoxy) is 1. The minimum absolute atomic E-state index is 0.156. The van der Waals surface area contributed by atoms with Gasteiger partial charge >= 0.3 is 0 Å². The van der Waals surface area contributed by atoms with E-state index in [0.717, 1.165) is 25.9 Å². The summed E-state index contributed by atoms with van der Waals surface area (Å²) in [6.45, 7) is 5.31. The van der Waals surface area contributed by atoms with Gasteiger partial charge in [0.05, 0.1) is 11.6 Å². The molecule has 1 unspecified atom stereocenters. The van der Waals surface area contributed by atoms with Crippen LogP contribution in [0.2, 0.25) is 0 Å². The van der Waals surface area contributed by atoms with Gasteiger partial charge in [0.15, 0.2) is 0 Å². The molecule has 2 heterocycles. The number of nitrogens with zero attached hydrogens (tertiary/aromatic N) is 1. The number of carbonyl (C=O) groups is 1. The summed E-state index contributed by atoms with van der Waals surface area (Å²) in [7, 11) is 0. The maximum absolute atomic E-state index is 12.1. The van der Waals surface area contributed by atoms with Crippen molar-refractivity contribution in [3.8, 4) is 0 Å². The molecule has 104 valence electrons. The Kier molecular flexibility index (Phi) is 4.59. The van der Waals surface area contributed by atoms with E-state index in [1.54, 1.807) is 0 Å². The topological polar surface area (TPSA) is 61.8 Å². The van der Waals surface area contributed by atoms with Crippen LogP contribution >= 0.6 is 0 Å². The molecule has 0 bridgehead atoms. The summed E-state index contributed by atoms with van der Waals surface area (Å²) < 4.78 is 5.24. The van der Waals surface area contributed by atoms with Gasteiger partial charge in [-0.15, -0.1) is 0 Å². The highest BCUT2D eigenvalue weighted by atomic mass is 16.5. The molecule has 18 heavy (non-hydrogen) atoms. The van der Waals surface area contributed by atoms with E-state index >= 15 is 0 Å². The maximum Gasteiger partial charge on any atom is 0.239 e. The zero-order valence-electron chi connectivity index (χ0n) is 11.2. The Morgan fingerprint density at radius 2 is 2.00 bits per heavy atom. The summed E-state index contributed by atoms with van der Waals surface area (Å²) in [5.74, 6) is 0.156. The van der Waals surface area contributed by atoms with Crippen LogP contribution < -0.4 is 5.32 Å². The second-order valence-corrected chi connectivity index (χ2v) is 5.47. The third kappa shape index (κ3) is 3.43.